The van der Waals surface area contributed by atoms with E-state index in [4.69, 9.17) is 9.94 Å². The third-order valence-electron chi connectivity index (χ3n) is 2.76. The largest absolute Gasteiger partial charge is 0.480 e. The van der Waals surface area contributed by atoms with Crippen molar-refractivity contribution in [2.24, 2.45) is 0 Å². The molecule has 1 fully saturated rings. The first-order valence-electron chi connectivity index (χ1n) is 5.51. The highest BCUT2D eigenvalue weighted by molar-refractivity contribution is 5.73. The summed E-state index contributed by atoms with van der Waals surface area (Å²) < 4.78 is 0. The van der Waals surface area contributed by atoms with Crippen molar-refractivity contribution >= 4 is 5.97 Å². The van der Waals surface area contributed by atoms with Crippen molar-refractivity contribution in [3.05, 3.63) is 35.9 Å². The maximum atomic E-state index is 10.9. The number of rotatable bonds is 4. The molecule has 2 N–H and O–H groups in total. The third-order valence-corrected chi connectivity index (χ3v) is 2.76. The van der Waals surface area contributed by atoms with Gasteiger partial charge in [0, 0.05) is 6.42 Å². The zero-order valence-corrected chi connectivity index (χ0v) is 9.32. The van der Waals surface area contributed by atoms with E-state index in [0.29, 0.717) is 6.61 Å². The van der Waals surface area contributed by atoms with Gasteiger partial charge in [-0.25, -0.2) is 0 Å². The number of carbonyl (C=O) groups is 1. The van der Waals surface area contributed by atoms with Crippen molar-refractivity contribution in [2.75, 3.05) is 6.54 Å². The molecule has 0 radical (unpaired) electrons. The number of hydrogen-bond donors (Lipinski definition) is 2. The Hall–Kier alpha value is -1.43. The minimum absolute atomic E-state index is 0.212. The van der Waals surface area contributed by atoms with E-state index in [1.165, 1.54) is 5.06 Å². The second-order valence-electron chi connectivity index (χ2n) is 4.10. The number of nitrogens with zero attached hydrogens (tertiary/aromatic N) is 1. The second kappa shape index (κ2) is 5.27. The molecule has 0 amide bonds. The summed E-state index contributed by atoms with van der Waals surface area (Å²) >= 11 is 0. The Bertz CT molecular complexity index is 381. The molecule has 1 aliphatic rings. The number of aliphatic carboxylic acids is 1. The Balaban J connectivity index is 1.92. The van der Waals surface area contributed by atoms with Gasteiger partial charge in [0.25, 0.3) is 0 Å². The summed E-state index contributed by atoms with van der Waals surface area (Å²) in [5.74, 6) is -0.963. The fraction of sp³-hybridized carbons (Fsp3) is 0.417. The van der Waals surface area contributed by atoms with Gasteiger partial charge in [-0.2, -0.15) is 5.06 Å². The molecular weight excluding hydrogens is 222 g/mol. The van der Waals surface area contributed by atoms with Gasteiger partial charge >= 0.3 is 5.97 Å². The van der Waals surface area contributed by atoms with E-state index < -0.39 is 18.1 Å². The molecule has 5 nitrogen and oxygen atoms in total. The van der Waals surface area contributed by atoms with Crippen LogP contribution < -0.4 is 0 Å². The van der Waals surface area contributed by atoms with Gasteiger partial charge in [-0.15, -0.1) is 0 Å². The van der Waals surface area contributed by atoms with Crippen molar-refractivity contribution in [2.45, 2.75) is 25.2 Å². The summed E-state index contributed by atoms with van der Waals surface area (Å²) in [5.41, 5.74) is 0.970. The molecule has 2 rings (SSSR count). The average molecular weight is 237 g/mol. The summed E-state index contributed by atoms with van der Waals surface area (Å²) in [5, 5.41) is 19.7. The van der Waals surface area contributed by atoms with Crippen LogP contribution in [0.3, 0.4) is 0 Å². The van der Waals surface area contributed by atoms with Crippen LogP contribution in [0.2, 0.25) is 0 Å². The lowest BCUT2D eigenvalue weighted by atomic mass is 10.2. The molecule has 1 aliphatic heterocycles. The Labute approximate surface area is 99.2 Å². The fourth-order valence-electron chi connectivity index (χ4n) is 1.88. The predicted molar refractivity (Wildman–Crippen MR) is 60.0 cm³/mol. The molecule has 0 aromatic heterocycles. The standard InChI is InChI=1S/C12H15NO4/c14-10-6-11(12(15)16)13(7-10)17-8-9-4-2-1-3-5-9/h1-5,10-11,14H,6-8H2,(H,15,16)/t10-,11+/m1/s1. The van der Waals surface area contributed by atoms with Crippen molar-refractivity contribution in [3.63, 3.8) is 0 Å². The van der Waals surface area contributed by atoms with Gasteiger partial charge in [-0.05, 0) is 5.56 Å². The quantitative estimate of drug-likeness (QED) is 0.804. The highest BCUT2D eigenvalue weighted by Crippen LogP contribution is 2.19. The SMILES string of the molecule is O=C(O)[C@@H]1C[C@@H](O)CN1OCc1ccccc1. The first-order valence-corrected chi connectivity index (χ1v) is 5.51. The van der Waals surface area contributed by atoms with Gasteiger partial charge < -0.3 is 10.2 Å². The maximum Gasteiger partial charge on any atom is 0.323 e. The Morgan fingerprint density at radius 2 is 2.12 bits per heavy atom. The molecule has 1 aromatic rings. The van der Waals surface area contributed by atoms with E-state index in [-0.39, 0.29) is 13.0 Å². The number of aliphatic hydroxyl groups is 1. The van der Waals surface area contributed by atoms with Gasteiger partial charge in [-0.1, -0.05) is 30.3 Å². The molecule has 0 bridgehead atoms. The summed E-state index contributed by atoms with van der Waals surface area (Å²) in [6.45, 7) is 0.557. The van der Waals surface area contributed by atoms with Crippen LogP contribution in [0.5, 0.6) is 0 Å². The minimum atomic E-state index is -0.963. The van der Waals surface area contributed by atoms with Crippen molar-refractivity contribution < 1.29 is 19.8 Å². The number of hydroxylamine groups is 2. The number of hydrogen-bond acceptors (Lipinski definition) is 4. The van der Waals surface area contributed by atoms with E-state index in [2.05, 4.69) is 0 Å². The molecule has 5 heteroatoms. The van der Waals surface area contributed by atoms with E-state index in [1.54, 1.807) is 0 Å². The van der Waals surface area contributed by atoms with E-state index in [9.17, 15) is 9.90 Å². The van der Waals surface area contributed by atoms with Crippen LogP contribution in [-0.2, 0) is 16.2 Å². The van der Waals surface area contributed by atoms with Gasteiger partial charge in [0.15, 0.2) is 0 Å². The molecule has 0 saturated carbocycles. The summed E-state index contributed by atoms with van der Waals surface area (Å²) in [6.07, 6.45) is -0.420. The van der Waals surface area contributed by atoms with Crippen LogP contribution in [-0.4, -0.2) is 39.9 Å². The molecule has 92 valence electrons. The molecule has 0 aliphatic carbocycles. The highest BCUT2D eigenvalue weighted by atomic mass is 16.7. The molecular formula is C12H15NO4. The second-order valence-corrected chi connectivity index (χ2v) is 4.10. The van der Waals surface area contributed by atoms with Crippen molar-refractivity contribution in [1.82, 2.24) is 5.06 Å². The van der Waals surface area contributed by atoms with Crippen LogP contribution >= 0.6 is 0 Å². The number of carboxylic acid groups (broad SMARTS) is 1. The zero-order valence-electron chi connectivity index (χ0n) is 9.32. The van der Waals surface area contributed by atoms with Gasteiger partial charge in [0.05, 0.1) is 19.3 Å². The maximum absolute atomic E-state index is 10.9. The normalized spacial score (nSPS) is 25.0. The lowest BCUT2D eigenvalue weighted by Gasteiger charge is -2.20. The molecule has 17 heavy (non-hydrogen) atoms. The van der Waals surface area contributed by atoms with Gasteiger partial charge in [0.1, 0.15) is 6.04 Å². The highest BCUT2D eigenvalue weighted by Gasteiger charge is 2.36. The number of β-amino-alcohol motifs (C(OH)–C–C–N with tert-alkyl or cyclic N) is 1. The third kappa shape index (κ3) is 3.03. The van der Waals surface area contributed by atoms with Gasteiger partial charge in [0.2, 0.25) is 0 Å². The van der Waals surface area contributed by atoms with Crippen LogP contribution in [0.25, 0.3) is 0 Å². The Morgan fingerprint density at radius 1 is 1.41 bits per heavy atom. The van der Waals surface area contributed by atoms with Gasteiger partial charge in [-0.3, -0.25) is 9.63 Å². The molecule has 2 atom stereocenters. The van der Waals surface area contributed by atoms with E-state index >= 15 is 0 Å². The molecule has 0 unspecified atom stereocenters. The van der Waals surface area contributed by atoms with Crippen LogP contribution in [0, 0.1) is 0 Å². The smallest absolute Gasteiger partial charge is 0.323 e. The number of aliphatic hydroxyl groups excluding tert-OH is 1. The zero-order chi connectivity index (χ0) is 12.3. The monoisotopic (exact) mass is 237 g/mol. The molecule has 0 spiro atoms. The van der Waals surface area contributed by atoms with Crippen molar-refractivity contribution in [1.29, 1.82) is 0 Å². The summed E-state index contributed by atoms with van der Waals surface area (Å²) in [6, 6.07) is 8.75. The Kier molecular flexibility index (Phi) is 3.73. The fourth-order valence-corrected chi connectivity index (χ4v) is 1.88. The van der Waals surface area contributed by atoms with Crippen LogP contribution in [0.4, 0.5) is 0 Å². The summed E-state index contributed by atoms with van der Waals surface area (Å²) in [4.78, 5) is 16.4. The van der Waals surface area contributed by atoms with E-state index in [1.807, 2.05) is 30.3 Å². The summed E-state index contributed by atoms with van der Waals surface area (Å²) in [7, 11) is 0. The lowest BCUT2D eigenvalue weighted by Crippen LogP contribution is -2.35. The van der Waals surface area contributed by atoms with Crippen molar-refractivity contribution in [3.8, 4) is 0 Å². The topological polar surface area (TPSA) is 70.0 Å². The first kappa shape index (κ1) is 12.0. The Morgan fingerprint density at radius 3 is 2.76 bits per heavy atom. The first-order chi connectivity index (χ1) is 8.16. The number of carboxylic acids is 1. The molecule has 1 saturated heterocycles. The number of benzene rings is 1. The minimum Gasteiger partial charge on any atom is -0.480 e. The van der Waals surface area contributed by atoms with Crippen LogP contribution in [0.1, 0.15) is 12.0 Å². The molecule has 1 heterocycles. The average Bonchev–Trinajstić information content (AvgIpc) is 2.69. The van der Waals surface area contributed by atoms with Crippen LogP contribution in [0.15, 0.2) is 30.3 Å². The molecule has 1 aromatic carbocycles. The predicted octanol–water partition coefficient (Wildman–Crippen LogP) is 0.638. The van der Waals surface area contributed by atoms with E-state index in [0.717, 1.165) is 5.56 Å². The lowest BCUT2D eigenvalue weighted by molar-refractivity contribution is -0.194.